The first-order chi connectivity index (χ1) is 10.0. The van der Waals surface area contributed by atoms with E-state index in [2.05, 4.69) is 10.3 Å². The van der Waals surface area contributed by atoms with Crippen molar-refractivity contribution in [3.05, 3.63) is 45.4 Å². The van der Waals surface area contributed by atoms with Crippen LogP contribution in [0.1, 0.15) is 45.7 Å². The normalized spacial score (nSPS) is 12.0. The van der Waals surface area contributed by atoms with Gasteiger partial charge in [0.05, 0.1) is 24.4 Å². The van der Waals surface area contributed by atoms with Crippen LogP contribution in [0.15, 0.2) is 24.4 Å². The maximum Gasteiger partial charge on any atom is 0.263 e. The van der Waals surface area contributed by atoms with Gasteiger partial charge in [-0.15, -0.1) is 11.3 Å². The summed E-state index contributed by atoms with van der Waals surface area (Å²) in [5, 5.41) is 3.98. The second-order valence-corrected chi connectivity index (χ2v) is 6.03. The van der Waals surface area contributed by atoms with Gasteiger partial charge < -0.3 is 10.1 Å². The van der Waals surface area contributed by atoms with Gasteiger partial charge in [0.1, 0.15) is 10.6 Å². The van der Waals surface area contributed by atoms with Gasteiger partial charge in [-0.05, 0) is 26.3 Å². The number of hydrogen-bond donors (Lipinski definition) is 1. The first kappa shape index (κ1) is 15.5. The van der Waals surface area contributed by atoms with Crippen LogP contribution in [0.5, 0.6) is 5.75 Å². The molecular formula is C16H20N2O2S. The van der Waals surface area contributed by atoms with Crippen LogP contribution in [-0.2, 0) is 6.42 Å². The zero-order chi connectivity index (χ0) is 15.4. The number of rotatable bonds is 5. The van der Waals surface area contributed by atoms with Gasteiger partial charge >= 0.3 is 0 Å². The molecule has 0 aliphatic heterocycles. The maximum atomic E-state index is 12.3. The molecule has 0 aliphatic carbocycles. The number of nitrogens with one attached hydrogen (secondary N) is 1. The molecule has 5 heteroatoms. The Balaban J connectivity index is 2.15. The van der Waals surface area contributed by atoms with Crippen molar-refractivity contribution in [2.75, 3.05) is 7.11 Å². The van der Waals surface area contributed by atoms with Gasteiger partial charge in [-0.2, -0.15) is 0 Å². The van der Waals surface area contributed by atoms with Crippen molar-refractivity contribution in [3.63, 3.8) is 0 Å². The lowest BCUT2D eigenvalue weighted by atomic mass is 10.0. The average molecular weight is 304 g/mol. The van der Waals surface area contributed by atoms with E-state index in [9.17, 15) is 4.79 Å². The van der Waals surface area contributed by atoms with Crippen molar-refractivity contribution >= 4 is 17.2 Å². The molecule has 21 heavy (non-hydrogen) atoms. The van der Waals surface area contributed by atoms with Gasteiger partial charge in [-0.3, -0.25) is 4.79 Å². The third-order valence-electron chi connectivity index (χ3n) is 3.28. The number of ether oxygens (including phenoxy) is 1. The van der Waals surface area contributed by atoms with Crippen molar-refractivity contribution < 1.29 is 9.53 Å². The highest BCUT2D eigenvalue weighted by atomic mass is 32.1. The van der Waals surface area contributed by atoms with E-state index in [0.29, 0.717) is 4.88 Å². The smallest absolute Gasteiger partial charge is 0.263 e. The first-order valence-corrected chi connectivity index (χ1v) is 7.77. The summed E-state index contributed by atoms with van der Waals surface area (Å²) in [6.07, 6.45) is 2.48. The third kappa shape index (κ3) is 3.61. The van der Waals surface area contributed by atoms with E-state index in [1.54, 1.807) is 13.3 Å². The van der Waals surface area contributed by atoms with E-state index in [4.69, 9.17) is 4.74 Å². The predicted molar refractivity (Wildman–Crippen MR) is 85.1 cm³/mol. The molecule has 1 heterocycles. The largest absolute Gasteiger partial charge is 0.496 e. The minimum atomic E-state index is -0.125. The number of carbonyl (C=O) groups is 1. The molecule has 0 aliphatic rings. The summed E-state index contributed by atoms with van der Waals surface area (Å²) in [4.78, 5) is 17.1. The number of hydrogen-bond acceptors (Lipinski definition) is 4. The topological polar surface area (TPSA) is 51.2 Å². The van der Waals surface area contributed by atoms with E-state index < -0.39 is 0 Å². The second-order valence-electron chi connectivity index (χ2n) is 4.91. The molecule has 0 saturated heterocycles. The number of nitrogens with zero attached hydrogens (tertiary/aromatic N) is 1. The third-order valence-corrected chi connectivity index (χ3v) is 4.42. The molecule has 1 aromatic heterocycles. The fourth-order valence-corrected chi connectivity index (χ4v) is 2.88. The number of amides is 1. The van der Waals surface area contributed by atoms with Crippen LogP contribution >= 0.6 is 11.3 Å². The molecule has 0 unspecified atom stereocenters. The molecule has 0 bridgehead atoms. The van der Waals surface area contributed by atoms with Crippen LogP contribution in [0.2, 0.25) is 0 Å². The van der Waals surface area contributed by atoms with E-state index in [1.165, 1.54) is 11.3 Å². The Hall–Kier alpha value is -1.88. The number of methoxy groups -OCH3 is 1. The fraction of sp³-hybridized carbons (Fsp3) is 0.375. The zero-order valence-electron chi connectivity index (χ0n) is 12.8. The summed E-state index contributed by atoms with van der Waals surface area (Å²) in [5.74, 6) is 0.690. The molecule has 0 saturated carbocycles. The minimum absolute atomic E-state index is 0.0942. The summed E-state index contributed by atoms with van der Waals surface area (Å²) in [6.45, 7) is 6.01. The van der Waals surface area contributed by atoms with E-state index >= 15 is 0 Å². The Bertz CT molecular complexity index is 637. The quantitative estimate of drug-likeness (QED) is 0.919. The summed E-state index contributed by atoms with van der Waals surface area (Å²) in [6, 6.07) is 5.83. The fourth-order valence-electron chi connectivity index (χ4n) is 2.12. The number of aromatic nitrogens is 1. The Morgan fingerprint density at radius 1 is 1.48 bits per heavy atom. The van der Waals surface area contributed by atoms with Crippen LogP contribution < -0.4 is 10.1 Å². The molecule has 4 nitrogen and oxygen atoms in total. The lowest BCUT2D eigenvalue weighted by Gasteiger charge is -2.17. The molecule has 1 N–H and O–H groups in total. The molecule has 0 fully saturated rings. The van der Waals surface area contributed by atoms with Gasteiger partial charge in [0.2, 0.25) is 0 Å². The highest BCUT2D eigenvalue weighted by molar-refractivity contribution is 7.13. The highest BCUT2D eigenvalue weighted by Crippen LogP contribution is 2.26. The molecule has 0 radical (unpaired) electrons. The lowest BCUT2D eigenvalue weighted by Crippen LogP contribution is -2.26. The summed E-state index contributed by atoms with van der Waals surface area (Å²) in [7, 11) is 1.64. The Morgan fingerprint density at radius 2 is 2.24 bits per heavy atom. The molecule has 112 valence electrons. The Morgan fingerprint density at radius 3 is 2.86 bits per heavy atom. The number of thiazole rings is 1. The van der Waals surface area contributed by atoms with E-state index in [-0.39, 0.29) is 11.9 Å². The Kier molecular flexibility index (Phi) is 4.96. The van der Waals surface area contributed by atoms with Crippen LogP contribution in [0.4, 0.5) is 0 Å². The standard InChI is InChI=1S/C16H20N2O2S/c1-5-15-17-9-14(21-15)16(19)18-11(3)12-8-10(2)6-7-13(12)20-4/h6-9,11H,5H2,1-4H3,(H,18,19)/t11-/m0/s1. The Labute approximate surface area is 129 Å². The van der Waals surface area contributed by atoms with Crippen LogP contribution in [0, 0.1) is 6.92 Å². The monoisotopic (exact) mass is 304 g/mol. The zero-order valence-corrected chi connectivity index (χ0v) is 13.6. The van der Waals surface area contributed by atoms with Gasteiger partial charge in [0.15, 0.2) is 0 Å². The maximum absolute atomic E-state index is 12.3. The van der Waals surface area contributed by atoms with Gasteiger partial charge in [0.25, 0.3) is 5.91 Å². The number of benzene rings is 1. The summed E-state index contributed by atoms with van der Waals surface area (Å²) >= 11 is 1.44. The molecule has 2 rings (SSSR count). The molecule has 1 aromatic carbocycles. The van der Waals surface area contributed by atoms with E-state index in [0.717, 1.165) is 28.3 Å². The predicted octanol–water partition coefficient (Wildman–Crippen LogP) is 3.51. The van der Waals surface area contributed by atoms with Gasteiger partial charge in [-0.1, -0.05) is 24.6 Å². The molecule has 1 amide bonds. The highest BCUT2D eigenvalue weighted by Gasteiger charge is 2.17. The van der Waals surface area contributed by atoms with Crippen molar-refractivity contribution in [1.82, 2.24) is 10.3 Å². The lowest BCUT2D eigenvalue weighted by molar-refractivity contribution is 0.0943. The number of carbonyl (C=O) groups excluding carboxylic acids is 1. The van der Waals surface area contributed by atoms with Crippen molar-refractivity contribution in [1.29, 1.82) is 0 Å². The van der Waals surface area contributed by atoms with Crippen LogP contribution in [0.3, 0.4) is 0 Å². The summed E-state index contributed by atoms with van der Waals surface area (Å²) in [5.41, 5.74) is 2.11. The van der Waals surface area contributed by atoms with Crippen LogP contribution in [-0.4, -0.2) is 18.0 Å². The molecular weight excluding hydrogens is 284 g/mol. The first-order valence-electron chi connectivity index (χ1n) is 6.95. The SMILES string of the molecule is CCc1ncc(C(=O)N[C@@H](C)c2cc(C)ccc2OC)s1. The van der Waals surface area contributed by atoms with Crippen molar-refractivity contribution in [2.24, 2.45) is 0 Å². The molecule has 1 atom stereocenters. The van der Waals surface area contributed by atoms with Crippen LogP contribution in [0.25, 0.3) is 0 Å². The van der Waals surface area contributed by atoms with Crippen molar-refractivity contribution in [3.8, 4) is 5.75 Å². The van der Waals surface area contributed by atoms with Crippen molar-refractivity contribution in [2.45, 2.75) is 33.2 Å². The van der Waals surface area contributed by atoms with E-state index in [1.807, 2.05) is 39.0 Å². The molecule has 2 aromatic rings. The van der Waals surface area contributed by atoms with Gasteiger partial charge in [-0.25, -0.2) is 4.98 Å². The van der Waals surface area contributed by atoms with Gasteiger partial charge in [0, 0.05) is 5.56 Å². The minimum Gasteiger partial charge on any atom is -0.496 e. The number of aryl methyl sites for hydroxylation is 2. The summed E-state index contributed by atoms with van der Waals surface area (Å²) < 4.78 is 5.37. The average Bonchev–Trinajstić information content (AvgIpc) is 2.96. The molecule has 0 spiro atoms. The second kappa shape index (κ2) is 6.72.